The maximum atomic E-state index is 2.58. The van der Waals surface area contributed by atoms with Crippen molar-refractivity contribution in [3.8, 4) is 11.1 Å². The molecule has 0 spiro atoms. The third-order valence-corrected chi connectivity index (χ3v) is 15.8. The van der Waals surface area contributed by atoms with E-state index in [4.69, 9.17) is 0 Å². The molecule has 186 valence electrons. The summed E-state index contributed by atoms with van der Waals surface area (Å²) in [5, 5.41) is 1.74. The van der Waals surface area contributed by atoms with Gasteiger partial charge in [-0.05, 0) is 59.8 Å². The number of rotatable bonds is 10. The van der Waals surface area contributed by atoms with Crippen LogP contribution in [0.3, 0.4) is 0 Å². The van der Waals surface area contributed by atoms with Crippen molar-refractivity contribution in [1.82, 2.24) is 0 Å². The Morgan fingerprint density at radius 2 is 1.35 bits per heavy atom. The van der Waals surface area contributed by atoms with Crippen molar-refractivity contribution in [2.24, 2.45) is 5.92 Å². The molecule has 1 saturated carbocycles. The smallest absolute Gasteiger partial charge is 0.0654 e. The Morgan fingerprint density at radius 3 is 1.94 bits per heavy atom. The molecule has 0 amide bonds. The molecule has 1 aliphatic carbocycles. The number of unbranched alkanes of at least 4 members (excludes halogenated alkanes) is 2. The quantitative estimate of drug-likeness (QED) is 0.237. The Bertz CT molecular complexity index is 835. The van der Waals surface area contributed by atoms with E-state index in [0.717, 1.165) is 17.4 Å². The van der Waals surface area contributed by atoms with E-state index in [-0.39, 0.29) is 0 Å². The summed E-state index contributed by atoms with van der Waals surface area (Å²) >= 11 is 0. The second-order valence-electron chi connectivity index (χ2n) is 11.8. The summed E-state index contributed by atoms with van der Waals surface area (Å²) in [6, 6.07) is 22.6. The Hall–Kier alpha value is -1.34. The number of benzene rings is 2. The molecule has 1 aliphatic heterocycles. The van der Waals surface area contributed by atoms with E-state index in [1.165, 1.54) is 107 Å². The molecule has 2 aromatic rings. The lowest BCUT2D eigenvalue weighted by molar-refractivity contribution is 0.303. The molecule has 0 radical (unpaired) electrons. The lowest BCUT2D eigenvalue weighted by atomic mass is 9.77. The Kier molecular flexibility index (Phi) is 9.51. The maximum absolute atomic E-state index is 2.58. The van der Waals surface area contributed by atoms with Crippen molar-refractivity contribution in [1.29, 1.82) is 0 Å². The van der Waals surface area contributed by atoms with Gasteiger partial charge in [0, 0.05) is 0 Å². The first-order valence-electron chi connectivity index (χ1n) is 14.9. The standard InChI is InChI=1S/C33H50Si/c1-4-6-8-12-28-13-15-29(16-14-28)30-17-19-31(20-18-30)32-21-23-33(24-22-32)34(27(3)11-5-2)25-9-7-10-26-34/h17-24,27-29H,4-16,25-26H2,1-3H3. The van der Waals surface area contributed by atoms with Crippen LogP contribution < -0.4 is 5.19 Å². The van der Waals surface area contributed by atoms with Gasteiger partial charge in [-0.2, -0.15) is 0 Å². The van der Waals surface area contributed by atoms with E-state index < -0.39 is 8.07 Å². The first-order chi connectivity index (χ1) is 16.7. The Labute approximate surface area is 212 Å². The van der Waals surface area contributed by atoms with Crippen LogP contribution in [0.1, 0.15) is 116 Å². The SMILES string of the molecule is CCCCCC1CCC(c2ccc(-c3ccc([Si]4(C(C)CCC)CCCCC4)cc3)cc2)CC1. The molecule has 1 heterocycles. The molecule has 0 aromatic heterocycles. The van der Waals surface area contributed by atoms with E-state index in [9.17, 15) is 0 Å². The van der Waals surface area contributed by atoms with E-state index >= 15 is 0 Å². The van der Waals surface area contributed by atoms with E-state index in [2.05, 4.69) is 69.3 Å². The average Bonchev–Trinajstić information content (AvgIpc) is 2.90. The van der Waals surface area contributed by atoms with Crippen LogP contribution in [0.25, 0.3) is 11.1 Å². The normalized spacial score (nSPS) is 23.5. The molecule has 2 fully saturated rings. The predicted molar refractivity (Wildman–Crippen MR) is 154 cm³/mol. The summed E-state index contributed by atoms with van der Waals surface area (Å²) < 4.78 is 0. The van der Waals surface area contributed by atoms with Gasteiger partial charge in [-0.15, -0.1) is 0 Å². The highest BCUT2D eigenvalue weighted by molar-refractivity contribution is 6.93. The third-order valence-electron chi connectivity index (χ3n) is 9.65. The highest BCUT2D eigenvalue weighted by Gasteiger charge is 2.40. The molecule has 0 nitrogen and oxygen atoms in total. The molecule has 1 saturated heterocycles. The molecule has 0 bridgehead atoms. The zero-order valence-electron chi connectivity index (χ0n) is 22.5. The minimum absolute atomic E-state index is 0.788. The molecule has 4 rings (SSSR count). The van der Waals surface area contributed by atoms with Gasteiger partial charge in [0.15, 0.2) is 0 Å². The monoisotopic (exact) mass is 474 g/mol. The molecule has 34 heavy (non-hydrogen) atoms. The van der Waals surface area contributed by atoms with E-state index in [0.29, 0.717) is 0 Å². The number of hydrogen-bond acceptors (Lipinski definition) is 0. The van der Waals surface area contributed by atoms with Crippen LogP contribution in [-0.4, -0.2) is 8.07 Å². The highest BCUT2D eigenvalue weighted by atomic mass is 28.3. The zero-order valence-corrected chi connectivity index (χ0v) is 23.5. The highest BCUT2D eigenvalue weighted by Crippen LogP contribution is 2.40. The van der Waals surface area contributed by atoms with Gasteiger partial charge in [-0.1, -0.05) is 144 Å². The van der Waals surface area contributed by atoms with Crippen LogP contribution in [0.2, 0.25) is 17.6 Å². The van der Waals surface area contributed by atoms with Gasteiger partial charge in [0.25, 0.3) is 0 Å². The molecule has 0 N–H and O–H groups in total. The molecule has 1 atom stereocenters. The van der Waals surface area contributed by atoms with Crippen LogP contribution in [0.15, 0.2) is 48.5 Å². The lowest BCUT2D eigenvalue weighted by Crippen LogP contribution is -2.52. The summed E-state index contributed by atoms with van der Waals surface area (Å²) in [7, 11) is -1.36. The van der Waals surface area contributed by atoms with Crippen molar-refractivity contribution < 1.29 is 0 Å². The third kappa shape index (κ3) is 6.07. The second kappa shape index (κ2) is 12.6. The topological polar surface area (TPSA) is 0 Å². The summed E-state index contributed by atoms with van der Waals surface area (Å²) in [6.45, 7) is 7.26. The second-order valence-corrected chi connectivity index (χ2v) is 16.7. The molecule has 1 unspecified atom stereocenters. The van der Waals surface area contributed by atoms with Gasteiger partial charge in [-0.25, -0.2) is 0 Å². The first kappa shape index (κ1) is 25.7. The Balaban J connectivity index is 1.40. The maximum Gasteiger partial charge on any atom is 0.0894 e. The van der Waals surface area contributed by atoms with E-state index in [1.54, 1.807) is 10.8 Å². The minimum Gasteiger partial charge on any atom is -0.0654 e. The average molecular weight is 475 g/mol. The summed E-state index contributed by atoms with van der Waals surface area (Å²) in [5.41, 5.74) is 5.29. The fourth-order valence-corrected chi connectivity index (χ4v) is 13.2. The zero-order chi connectivity index (χ0) is 23.8. The van der Waals surface area contributed by atoms with Gasteiger partial charge < -0.3 is 0 Å². The van der Waals surface area contributed by atoms with Crippen molar-refractivity contribution in [2.45, 2.75) is 128 Å². The van der Waals surface area contributed by atoms with Crippen LogP contribution in [-0.2, 0) is 0 Å². The molecular weight excluding hydrogens is 424 g/mol. The van der Waals surface area contributed by atoms with Crippen molar-refractivity contribution in [2.75, 3.05) is 0 Å². The van der Waals surface area contributed by atoms with Crippen LogP contribution in [0.5, 0.6) is 0 Å². The largest absolute Gasteiger partial charge is 0.0894 e. The summed E-state index contributed by atoms with van der Waals surface area (Å²) in [4.78, 5) is 0. The fourth-order valence-electron chi connectivity index (χ4n) is 7.37. The van der Waals surface area contributed by atoms with Gasteiger partial charge in [-0.3, -0.25) is 0 Å². The lowest BCUT2D eigenvalue weighted by Gasteiger charge is -2.41. The van der Waals surface area contributed by atoms with Crippen molar-refractivity contribution in [3.63, 3.8) is 0 Å². The van der Waals surface area contributed by atoms with Gasteiger partial charge in [0.1, 0.15) is 0 Å². The summed E-state index contributed by atoms with van der Waals surface area (Å²) in [6.07, 6.45) is 18.5. The molecule has 1 heteroatoms. The van der Waals surface area contributed by atoms with Gasteiger partial charge >= 0.3 is 0 Å². The predicted octanol–water partition coefficient (Wildman–Crippen LogP) is 10.2. The fraction of sp³-hybridized carbons (Fsp3) is 0.636. The Morgan fingerprint density at radius 1 is 0.735 bits per heavy atom. The minimum atomic E-state index is -1.36. The first-order valence-corrected chi connectivity index (χ1v) is 17.4. The summed E-state index contributed by atoms with van der Waals surface area (Å²) in [5.74, 6) is 1.78. The van der Waals surface area contributed by atoms with E-state index in [1.807, 2.05) is 0 Å². The molecule has 2 aliphatic rings. The van der Waals surface area contributed by atoms with Gasteiger partial charge in [0.2, 0.25) is 0 Å². The molecule has 2 aromatic carbocycles. The molecular formula is C33H50Si. The van der Waals surface area contributed by atoms with Gasteiger partial charge in [0.05, 0.1) is 8.07 Å². The van der Waals surface area contributed by atoms with Crippen LogP contribution in [0.4, 0.5) is 0 Å². The number of hydrogen-bond donors (Lipinski definition) is 0. The van der Waals surface area contributed by atoms with Crippen LogP contribution >= 0.6 is 0 Å². The van der Waals surface area contributed by atoms with Crippen molar-refractivity contribution in [3.05, 3.63) is 54.1 Å². The van der Waals surface area contributed by atoms with Crippen molar-refractivity contribution >= 4 is 13.3 Å². The van der Waals surface area contributed by atoms with Crippen LogP contribution in [0, 0.1) is 5.92 Å².